The normalized spacial score (nSPS) is 14.8. The van der Waals surface area contributed by atoms with Crippen molar-refractivity contribution in [1.82, 2.24) is 4.90 Å². The van der Waals surface area contributed by atoms with Gasteiger partial charge in [0.25, 0.3) is 5.82 Å². The first kappa shape index (κ1) is 15.1. The molecule has 2 aromatic rings. The highest BCUT2D eigenvalue weighted by Crippen LogP contribution is 2.15. The van der Waals surface area contributed by atoms with Crippen LogP contribution in [-0.4, -0.2) is 36.2 Å². The van der Waals surface area contributed by atoms with Crippen LogP contribution in [0.25, 0.3) is 0 Å². The van der Waals surface area contributed by atoms with Gasteiger partial charge in [-0.25, -0.2) is 4.98 Å². The zero-order valence-electron chi connectivity index (χ0n) is 12.1. The first-order chi connectivity index (χ1) is 10.7. The minimum Gasteiger partial charge on any atom is -0.341 e. The zero-order valence-corrected chi connectivity index (χ0v) is 13.7. The van der Waals surface area contributed by atoms with E-state index in [1.54, 1.807) is 0 Å². The fourth-order valence-electron chi connectivity index (χ4n) is 2.47. The van der Waals surface area contributed by atoms with Gasteiger partial charge in [-0.2, -0.15) is 0 Å². The third-order valence-corrected chi connectivity index (χ3v) is 4.31. The first-order valence-corrected chi connectivity index (χ1v) is 8.04. The highest BCUT2D eigenvalue weighted by molar-refractivity contribution is 7.80. The van der Waals surface area contributed by atoms with E-state index in [1.807, 2.05) is 42.6 Å². The molecule has 3 rings (SSSR count). The van der Waals surface area contributed by atoms with Gasteiger partial charge in [-0.05, 0) is 42.5 Å². The molecule has 2 heterocycles. The maximum absolute atomic E-state index is 5.89. The number of benzene rings is 1. The number of thiocarbonyl (C=S) groups is 1. The standard InChI is InChI=1S/C16H17ClN4S/c17-13-4-6-14(7-5-13)19-16(22)21-11-9-20(10-12-21)15-3-1-2-8-18-15/h1-8H,9-12H2,(H,19,22)/p+1. The van der Waals surface area contributed by atoms with Crippen LogP contribution in [0.15, 0.2) is 48.7 Å². The topological polar surface area (TPSA) is 32.6 Å². The monoisotopic (exact) mass is 333 g/mol. The zero-order chi connectivity index (χ0) is 15.4. The summed E-state index contributed by atoms with van der Waals surface area (Å²) in [5.41, 5.74) is 0.966. The molecule has 1 aliphatic rings. The SMILES string of the molecule is S=C(Nc1ccc(Cl)cc1)N1CCN(c2cccc[nH+]2)CC1. The lowest BCUT2D eigenvalue weighted by molar-refractivity contribution is -0.364. The Balaban J connectivity index is 1.54. The van der Waals surface area contributed by atoms with Crippen molar-refractivity contribution in [2.24, 2.45) is 0 Å². The van der Waals surface area contributed by atoms with E-state index in [4.69, 9.17) is 23.8 Å². The molecule has 6 heteroatoms. The number of nitrogens with zero attached hydrogens (tertiary/aromatic N) is 2. The van der Waals surface area contributed by atoms with Gasteiger partial charge < -0.3 is 10.2 Å². The largest absolute Gasteiger partial charge is 0.341 e. The number of nitrogens with one attached hydrogen (secondary N) is 2. The number of H-pyrrole nitrogens is 1. The second kappa shape index (κ2) is 6.94. The quantitative estimate of drug-likeness (QED) is 0.857. The van der Waals surface area contributed by atoms with Gasteiger partial charge in [-0.3, -0.25) is 4.90 Å². The van der Waals surface area contributed by atoms with Crippen LogP contribution < -0.4 is 15.2 Å². The molecule has 1 saturated heterocycles. The maximum atomic E-state index is 5.89. The van der Waals surface area contributed by atoms with Crippen molar-refractivity contribution in [3.05, 3.63) is 53.7 Å². The lowest BCUT2D eigenvalue weighted by Crippen LogP contribution is -2.51. The Bertz CT molecular complexity index is 624. The Hall–Kier alpha value is -1.85. The molecule has 22 heavy (non-hydrogen) atoms. The van der Waals surface area contributed by atoms with Gasteiger partial charge >= 0.3 is 0 Å². The Morgan fingerprint density at radius 1 is 1.05 bits per heavy atom. The fraction of sp³-hybridized carbons (Fsp3) is 0.250. The van der Waals surface area contributed by atoms with Crippen molar-refractivity contribution in [2.45, 2.75) is 0 Å². The minimum absolute atomic E-state index is 0.726. The van der Waals surface area contributed by atoms with E-state index in [2.05, 4.69) is 26.2 Å². The lowest BCUT2D eigenvalue weighted by atomic mass is 10.3. The van der Waals surface area contributed by atoms with E-state index in [0.717, 1.165) is 47.8 Å². The molecule has 2 N–H and O–H groups in total. The van der Waals surface area contributed by atoms with E-state index in [9.17, 15) is 0 Å². The maximum Gasteiger partial charge on any atom is 0.274 e. The third kappa shape index (κ3) is 3.67. The Labute approximate surface area is 140 Å². The van der Waals surface area contributed by atoms with Crippen LogP contribution in [0.5, 0.6) is 0 Å². The number of rotatable bonds is 2. The van der Waals surface area contributed by atoms with Gasteiger partial charge in [0.15, 0.2) is 5.11 Å². The van der Waals surface area contributed by atoms with E-state index in [0.29, 0.717) is 0 Å². The molecule has 0 radical (unpaired) electrons. The number of piperazine rings is 1. The molecule has 114 valence electrons. The predicted octanol–water partition coefficient (Wildman–Crippen LogP) is 2.67. The van der Waals surface area contributed by atoms with Gasteiger partial charge in [-0.15, -0.1) is 0 Å². The molecule has 1 aromatic carbocycles. The molecule has 1 fully saturated rings. The highest BCUT2D eigenvalue weighted by atomic mass is 35.5. The van der Waals surface area contributed by atoms with Crippen molar-refractivity contribution in [3.63, 3.8) is 0 Å². The highest BCUT2D eigenvalue weighted by Gasteiger charge is 2.24. The molecule has 0 atom stereocenters. The Kier molecular flexibility index (Phi) is 4.75. The van der Waals surface area contributed by atoms with Crippen molar-refractivity contribution >= 4 is 40.4 Å². The molecule has 0 aliphatic carbocycles. The van der Waals surface area contributed by atoms with Gasteiger partial charge in [0.1, 0.15) is 13.1 Å². The number of aromatic nitrogens is 1. The fourth-order valence-corrected chi connectivity index (χ4v) is 2.89. The van der Waals surface area contributed by atoms with Crippen LogP contribution in [0.2, 0.25) is 5.02 Å². The van der Waals surface area contributed by atoms with E-state index in [1.165, 1.54) is 0 Å². The summed E-state index contributed by atoms with van der Waals surface area (Å²) in [7, 11) is 0. The molecule has 0 bridgehead atoms. The first-order valence-electron chi connectivity index (χ1n) is 7.25. The van der Waals surface area contributed by atoms with Crippen molar-refractivity contribution in [2.75, 3.05) is 36.4 Å². The molecule has 0 unspecified atom stereocenters. The average Bonchev–Trinajstić information content (AvgIpc) is 2.58. The average molecular weight is 334 g/mol. The number of halogens is 1. The number of hydrogen-bond donors (Lipinski definition) is 1. The summed E-state index contributed by atoms with van der Waals surface area (Å²) >= 11 is 11.4. The van der Waals surface area contributed by atoms with Crippen LogP contribution in [0, 0.1) is 0 Å². The summed E-state index contributed by atoms with van der Waals surface area (Å²) in [6.45, 7) is 3.70. The van der Waals surface area contributed by atoms with Crippen LogP contribution in [-0.2, 0) is 0 Å². The molecule has 0 spiro atoms. The molecule has 1 aromatic heterocycles. The van der Waals surface area contributed by atoms with E-state index < -0.39 is 0 Å². The number of aromatic amines is 1. The van der Waals surface area contributed by atoms with Gasteiger partial charge in [-0.1, -0.05) is 17.7 Å². The van der Waals surface area contributed by atoms with Crippen LogP contribution in [0.1, 0.15) is 0 Å². The Morgan fingerprint density at radius 2 is 1.77 bits per heavy atom. The summed E-state index contributed by atoms with van der Waals surface area (Å²) in [4.78, 5) is 7.81. The molecule has 1 aliphatic heterocycles. The Morgan fingerprint density at radius 3 is 2.41 bits per heavy atom. The summed E-state index contributed by atoms with van der Waals surface area (Å²) < 4.78 is 0. The summed E-state index contributed by atoms with van der Waals surface area (Å²) in [5.74, 6) is 1.15. The van der Waals surface area contributed by atoms with E-state index >= 15 is 0 Å². The van der Waals surface area contributed by atoms with Crippen LogP contribution in [0.3, 0.4) is 0 Å². The third-order valence-electron chi connectivity index (χ3n) is 3.70. The minimum atomic E-state index is 0.726. The lowest BCUT2D eigenvalue weighted by Gasteiger charge is -2.32. The van der Waals surface area contributed by atoms with Crippen LogP contribution >= 0.6 is 23.8 Å². The van der Waals surface area contributed by atoms with Gasteiger partial charge in [0, 0.05) is 16.8 Å². The molecule has 0 saturated carbocycles. The number of pyridine rings is 1. The number of hydrogen-bond acceptors (Lipinski definition) is 2. The molecular weight excluding hydrogens is 316 g/mol. The predicted molar refractivity (Wildman–Crippen MR) is 94.5 cm³/mol. The van der Waals surface area contributed by atoms with Crippen molar-refractivity contribution in [3.8, 4) is 0 Å². The summed E-state index contributed by atoms with van der Waals surface area (Å²) in [5, 5.41) is 4.75. The molecular formula is C16H18ClN4S+. The summed E-state index contributed by atoms with van der Waals surface area (Å²) in [6.07, 6.45) is 1.95. The second-order valence-corrected chi connectivity index (χ2v) is 5.98. The molecule has 4 nitrogen and oxygen atoms in total. The molecule has 0 amide bonds. The van der Waals surface area contributed by atoms with Crippen molar-refractivity contribution in [1.29, 1.82) is 0 Å². The smallest absolute Gasteiger partial charge is 0.274 e. The van der Waals surface area contributed by atoms with E-state index in [-0.39, 0.29) is 0 Å². The van der Waals surface area contributed by atoms with Gasteiger partial charge in [0.05, 0.1) is 19.3 Å². The summed E-state index contributed by atoms with van der Waals surface area (Å²) in [6, 6.07) is 13.7. The van der Waals surface area contributed by atoms with Gasteiger partial charge in [0.2, 0.25) is 0 Å². The van der Waals surface area contributed by atoms with Crippen LogP contribution in [0.4, 0.5) is 11.5 Å². The second-order valence-electron chi connectivity index (χ2n) is 5.16. The van der Waals surface area contributed by atoms with Crippen molar-refractivity contribution < 1.29 is 4.98 Å². The number of anilines is 2.